The first-order chi connectivity index (χ1) is 12.3. The molecule has 2 N–H and O–H groups in total. The van der Waals surface area contributed by atoms with E-state index in [0.29, 0.717) is 35.4 Å². The molecule has 0 spiro atoms. The molecule has 1 aromatic heterocycles. The van der Waals surface area contributed by atoms with Gasteiger partial charge in [0, 0.05) is 11.1 Å². The van der Waals surface area contributed by atoms with Gasteiger partial charge in [-0.25, -0.2) is 0 Å². The smallest absolute Gasteiger partial charge is 0.416 e. The number of nitrogens with zero attached hydrogens (tertiary/aromatic N) is 2. The first kappa shape index (κ1) is 18.3. The molecular formula is C18H18F3N3O2. The van der Waals surface area contributed by atoms with E-state index < -0.39 is 23.8 Å². The number of esters is 1. The summed E-state index contributed by atoms with van der Waals surface area (Å²) in [7, 11) is 0. The maximum absolute atomic E-state index is 12.9. The fourth-order valence-corrected chi connectivity index (χ4v) is 3.09. The van der Waals surface area contributed by atoms with Crippen LogP contribution in [0.5, 0.6) is 0 Å². The largest absolute Gasteiger partial charge is 0.456 e. The molecule has 26 heavy (non-hydrogen) atoms. The SMILES string of the molecule is CC1Cc2nnc(-c3cccc(C(F)(F)F)c3)cc2C(OC(=O)CN)C1. The molecule has 1 heterocycles. The maximum atomic E-state index is 12.9. The van der Waals surface area contributed by atoms with Gasteiger partial charge in [-0.15, -0.1) is 0 Å². The Balaban J connectivity index is 1.99. The predicted octanol–water partition coefficient (Wildman–Crippen LogP) is 3.29. The molecule has 1 aliphatic carbocycles. The number of carbonyl (C=O) groups is 1. The highest BCUT2D eigenvalue weighted by Gasteiger charge is 2.32. The van der Waals surface area contributed by atoms with Crippen LogP contribution < -0.4 is 5.73 Å². The normalized spacial score (nSPS) is 19.7. The van der Waals surface area contributed by atoms with Gasteiger partial charge in [0.25, 0.3) is 0 Å². The average molecular weight is 365 g/mol. The predicted molar refractivity (Wildman–Crippen MR) is 87.8 cm³/mol. The number of hydrogen-bond acceptors (Lipinski definition) is 5. The number of fused-ring (bicyclic) bond motifs is 1. The number of alkyl halides is 3. The summed E-state index contributed by atoms with van der Waals surface area (Å²) in [6, 6.07) is 6.55. The molecule has 1 aromatic carbocycles. The number of nitrogens with two attached hydrogens (primary N) is 1. The fraction of sp³-hybridized carbons (Fsp3) is 0.389. The van der Waals surface area contributed by atoms with Crippen molar-refractivity contribution in [2.24, 2.45) is 11.7 Å². The quantitative estimate of drug-likeness (QED) is 0.845. The van der Waals surface area contributed by atoms with Crippen LogP contribution in [0.2, 0.25) is 0 Å². The van der Waals surface area contributed by atoms with Gasteiger partial charge < -0.3 is 10.5 Å². The number of benzene rings is 1. The van der Waals surface area contributed by atoms with Crippen LogP contribution in [-0.4, -0.2) is 22.7 Å². The molecule has 3 rings (SSSR count). The lowest BCUT2D eigenvalue weighted by Gasteiger charge is -2.28. The molecule has 0 fully saturated rings. The van der Waals surface area contributed by atoms with Gasteiger partial charge in [0.1, 0.15) is 6.10 Å². The fourth-order valence-electron chi connectivity index (χ4n) is 3.09. The van der Waals surface area contributed by atoms with Gasteiger partial charge >= 0.3 is 12.1 Å². The van der Waals surface area contributed by atoms with E-state index in [0.717, 1.165) is 12.1 Å². The van der Waals surface area contributed by atoms with E-state index in [1.807, 2.05) is 6.92 Å². The molecule has 8 heteroatoms. The third-order valence-corrected chi connectivity index (χ3v) is 4.34. The number of hydrogen-bond donors (Lipinski definition) is 1. The zero-order valence-electron chi connectivity index (χ0n) is 14.1. The van der Waals surface area contributed by atoms with Crippen LogP contribution in [0.4, 0.5) is 13.2 Å². The van der Waals surface area contributed by atoms with Crippen molar-refractivity contribution in [2.45, 2.75) is 32.0 Å². The van der Waals surface area contributed by atoms with Crippen molar-refractivity contribution in [3.8, 4) is 11.3 Å². The van der Waals surface area contributed by atoms with Crippen LogP contribution in [-0.2, 0) is 22.1 Å². The first-order valence-corrected chi connectivity index (χ1v) is 8.21. The van der Waals surface area contributed by atoms with Crippen molar-refractivity contribution in [2.75, 3.05) is 6.54 Å². The second-order valence-electron chi connectivity index (χ2n) is 6.44. The molecule has 138 valence electrons. The van der Waals surface area contributed by atoms with E-state index in [1.165, 1.54) is 12.1 Å². The lowest BCUT2D eigenvalue weighted by molar-refractivity contribution is -0.149. The Morgan fingerprint density at radius 3 is 2.77 bits per heavy atom. The second kappa shape index (κ2) is 7.03. The Morgan fingerprint density at radius 2 is 2.08 bits per heavy atom. The highest BCUT2D eigenvalue weighted by molar-refractivity contribution is 5.72. The second-order valence-corrected chi connectivity index (χ2v) is 6.44. The average Bonchev–Trinajstić information content (AvgIpc) is 2.60. The summed E-state index contributed by atoms with van der Waals surface area (Å²) in [4.78, 5) is 11.6. The Bertz CT molecular complexity index is 824. The van der Waals surface area contributed by atoms with Gasteiger partial charge in [-0.05, 0) is 37.0 Å². The van der Waals surface area contributed by atoms with Crippen LogP contribution in [0.3, 0.4) is 0 Å². The molecule has 0 amide bonds. The zero-order chi connectivity index (χ0) is 18.9. The van der Waals surface area contributed by atoms with Gasteiger partial charge in [0.15, 0.2) is 0 Å². The Labute approximate surface area is 148 Å². The summed E-state index contributed by atoms with van der Waals surface area (Å²) >= 11 is 0. The van der Waals surface area contributed by atoms with Gasteiger partial charge in [0.05, 0.1) is 23.5 Å². The molecule has 0 aliphatic heterocycles. The third kappa shape index (κ3) is 3.85. The maximum Gasteiger partial charge on any atom is 0.416 e. The first-order valence-electron chi connectivity index (χ1n) is 8.21. The van der Waals surface area contributed by atoms with Gasteiger partial charge in [-0.2, -0.15) is 23.4 Å². The van der Waals surface area contributed by atoms with Crippen LogP contribution in [0.25, 0.3) is 11.3 Å². The minimum atomic E-state index is -4.44. The molecule has 0 saturated carbocycles. The molecular weight excluding hydrogens is 347 g/mol. The topological polar surface area (TPSA) is 78.1 Å². The monoisotopic (exact) mass is 365 g/mol. The molecule has 0 bridgehead atoms. The Kier molecular flexibility index (Phi) is 4.95. The highest BCUT2D eigenvalue weighted by Crippen LogP contribution is 2.37. The number of halogens is 3. The molecule has 0 saturated heterocycles. The molecule has 0 radical (unpaired) electrons. The van der Waals surface area contributed by atoms with Crippen LogP contribution in [0, 0.1) is 5.92 Å². The third-order valence-electron chi connectivity index (χ3n) is 4.34. The summed E-state index contributed by atoms with van der Waals surface area (Å²) in [5.41, 5.74) is 6.53. The number of aromatic nitrogens is 2. The van der Waals surface area contributed by atoms with Crippen LogP contribution >= 0.6 is 0 Å². The molecule has 2 unspecified atom stereocenters. The highest BCUT2D eigenvalue weighted by atomic mass is 19.4. The number of rotatable bonds is 3. The zero-order valence-corrected chi connectivity index (χ0v) is 14.1. The minimum absolute atomic E-state index is 0.237. The summed E-state index contributed by atoms with van der Waals surface area (Å²) in [6.45, 7) is 1.77. The van der Waals surface area contributed by atoms with E-state index in [2.05, 4.69) is 10.2 Å². The lowest BCUT2D eigenvalue weighted by atomic mass is 9.85. The van der Waals surface area contributed by atoms with Crippen molar-refractivity contribution in [1.29, 1.82) is 0 Å². The van der Waals surface area contributed by atoms with Gasteiger partial charge in [-0.1, -0.05) is 19.1 Å². The standard InChI is InChI=1S/C18H18F3N3O2/c1-10-5-15-13(16(6-10)26-17(25)9-22)8-14(23-24-15)11-3-2-4-12(7-11)18(19,20)21/h2-4,7-8,10,16H,5-6,9,22H2,1H3. The number of ether oxygens (including phenoxy) is 1. The summed E-state index contributed by atoms with van der Waals surface area (Å²) in [5.74, 6) is -0.292. The number of carbonyl (C=O) groups excluding carboxylic acids is 1. The Hall–Kier alpha value is -2.48. The van der Waals surface area contributed by atoms with Crippen molar-refractivity contribution in [3.63, 3.8) is 0 Å². The molecule has 5 nitrogen and oxygen atoms in total. The van der Waals surface area contributed by atoms with Gasteiger partial charge in [-0.3, -0.25) is 4.79 Å². The molecule has 2 aromatic rings. The lowest BCUT2D eigenvalue weighted by Crippen LogP contribution is -2.26. The Morgan fingerprint density at radius 1 is 1.31 bits per heavy atom. The summed E-state index contributed by atoms with van der Waals surface area (Å²) in [6.07, 6.45) is -3.69. The summed E-state index contributed by atoms with van der Waals surface area (Å²) < 4.78 is 44.2. The van der Waals surface area contributed by atoms with Crippen molar-refractivity contribution in [1.82, 2.24) is 10.2 Å². The van der Waals surface area contributed by atoms with E-state index in [4.69, 9.17) is 10.5 Å². The van der Waals surface area contributed by atoms with E-state index in [1.54, 1.807) is 6.07 Å². The summed E-state index contributed by atoms with van der Waals surface area (Å²) in [5, 5.41) is 8.24. The van der Waals surface area contributed by atoms with Crippen LogP contribution in [0.1, 0.15) is 36.3 Å². The minimum Gasteiger partial charge on any atom is -0.456 e. The molecule has 2 atom stereocenters. The van der Waals surface area contributed by atoms with Crippen molar-refractivity contribution < 1.29 is 22.7 Å². The molecule has 1 aliphatic rings. The van der Waals surface area contributed by atoms with E-state index in [9.17, 15) is 18.0 Å². The van der Waals surface area contributed by atoms with E-state index >= 15 is 0 Å². The van der Waals surface area contributed by atoms with Crippen molar-refractivity contribution in [3.05, 3.63) is 47.2 Å². The van der Waals surface area contributed by atoms with Crippen molar-refractivity contribution >= 4 is 5.97 Å². The van der Waals surface area contributed by atoms with Crippen LogP contribution in [0.15, 0.2) is 30.3 Å². The van der Waals surface area contributed by atoms with Gasteiger partial charge in [0.2, 0.25) is 0 Å². The van der Waals surface area contributed by atoms with E-state index in [-0.39, 0.29) is 12.5 Å².